The zero-order valence-corrected chi connectivity index (χ0v) is 26.0. The van der Waals surface area contributed by atoms with Crippen molar-refractivity contribution in [3.8, 4) is 0 Å². The average molecular weight is 631 g/mol. The lowest BCUT2D eigenvalue weighted by atomic mass is 10.0. The SMILES string of the molecule is CS(=O)(=O)N(CCCC(=O)N(Cc1cccc(Cl)c1)[C@@H](Cc1ccccc1)C(=O)NC1CCCC1)c1cccc(Cl)c1. The van der Waals surface area contributed by atoms with Crippen molar-refractivity contribution in [2.75, 3.05) is 17.1 Å². The van der Waals surface area contributed by atoms with Gasteiger partial charge in [-0.3, -0.25) is 13.9 Å². The maximum Gasteiger partial charge on any atom is 0.243 e. The van der Waals surface area contributed by atoms with Gasteiger partial charge >= 0.3 is 0 Å². The Balaban J connectivity index is 1.59. The molecule has 1 aliphatic carbocycles. The van der Waals surface area contributed by atoms with E-state index >= 15 is 0 Å². The minimum Gasteiger partial charge on any atom is -0.352 e. The molecule has 1 aliphatic rings. The second kappa shape index (κ2) is 14.9. The van der Waals surface area contributed by atoms with Crippen LogP contribution in [-0.2, 0) is 32.6 Å². The number of benzene rings is 3. The molecule has 0 unspecified atom stereocenters. The summed E-state index contributed by atoms with van der Waals surface area (Å²) in [6, 6.07) is 22.9. The molecule has 1 fully saturated rings. The number of sulfonamides is 1. The van der Waals surface area contributed by atoms with Crippen LogP contribution in [0.25, 0.3) is 0 Å². The van der Waals surface area contributed by atoms with Crippen LogP contribution < -0.4 is 9.62 Å². The van der Waals surface area contributed by atoms with Crippen LogP contribution in [0.15, 0.2) is 78.9 Å². The van der Waals surface area contributed by atoms with E-state index < -0.39 is 16.1 Å². The van der Waals surface area contributed by atoms with Crippen molar-refractivity contribution in [2.24, 2.45) is 0 Å². The van der Waals surface area contributed by atoms with Crippen molar-refractivity contribution in [3.05, 3.63) is 100 Å². The third-order valence-corrected chi connectivity index (χ3v) is 9.13. The lowest BCUT2D eigenvalue weighted by Gasteiger charge is -2.33. The molecular formula is C32H37Cl2N3O4S. The molecule has 7 nitrogen and oxygen atoms in total. The van der Waals surface area contributed by atoms with Gasteiger partial charge in [0.2, 0.25) is 21.8 Å². The van der Waals surface area contributed by atoms with Crippen LogP contribution in [0, 0.1) is 0 Å². The molecule has 2 amide bonds. The molecule has 0 radical (unpaired) electrons. The number of amides is 2. The van der Waals surface area contributed by atoms with Crippen LogP contribution in [-0.4, -0.2) is 50.0 Å². The summed E-state index contributed by atoms with van der Waals surface area (Å²) in [6.07, 6.45) is 5.79. The van der Waals surface area contributed by atoms with E-state index in [1.54, 1.807) is 41.3 Å². The summed E-state index contributed by atoms with van der Waals surface area (Å²) >= 11 is 12.4. The fourth-order valence-corrected chi connectivity index (χ4v) is 6.74. The second-order valence-electron chi connectivity index (χ2n) is 10.8. The Morgan fingerprint density at radius 3 is 2.19 bits per heavy atom. The lowest BCUT2D eigenvalue weighted by Crippen LogP contribution is -2.52. The Hall–Kier alpha value is -3.07. The van der Waals surface area contributed by atoms with Gasteiger partial charge in [-0.2, -0.15) is 0 Å². The zero-order valence-electron chi connectivity index (χ0n) is 23.7. The van der Waals surface area contributed by atoms with E-state index in [1.165, 1.54) is 4.31 Å². The highest BCUT2D eigenvalue weighted by atomic mass is 35.5. The number of nitrogens with one attached hydrogen (secondary N) is 1. The van der Waals surface area contributed by atoms with E-state index in [0.29, 0.717) is 22.2 Å². The van der Waals surface area contributed by atoms with Gasteiger partial charge in [0.1, 0.15) is 6.04 Å². The van der Waals surface area contributed by atoms with Crippen LogP contribution in [0.1, 0.15) is 49.7 Å². The number of rotatable bonds is 13. The van der Waals surface area contributed by atoms with Gasteiger partial charge in [-0.15, -0.1) is 0 Å². The van der Waals surface area contributed by atoms with Gasteiger partial charge in [-0.25, -0.2) is 8.42 Å². The lowest BCUT2D eigenvalue weighted by molar-refractivity contribution is -0.141. The normalized spacial score (nSPS) is 14.4. The number of hydrogen-bond donors (Lipinski definition) is 1. The monoisotopic (exact) mass is 629 g/mol. The molecular weight excluding hydrogens is 593 g/mol. The van der Waals surface area contributed by atoms with E-state index in [1.807, 2.05) is 42.5 Å². The number of carbonyl (C=O) groups is 2. The Kier molecular flexibility index (Phi) is 11.3. The smallest absolute Gasteiger partial charge is 0.243 e. The highest BCUT2D eigenvalue weighted by Gasteiger charge is 2.32. The molecule has 0 saturated heterocycles. The van der Waals surface area contributed by atoms with E-state index in [9.17, 15) is 18.0 Å². The molecule has 3 aromatic rings. The number of anilines is 1. The molecule has 1 atom stereocenters. The van der Waals surface area contributed by atoms with Gasteiger partial charge in [0.25, 0.3) is 0 Å². The first-order chi connectivity index (χ1) is 20.1. The topological polar surface area (TPSA) is 86.8 Å². The van der Waals surface area contributed by atoms with Crippen LogP contribution in [0.2, 0.25) is 10.0 Å². The van der Waals surface area contributed by atoms with Gasteiger partial charge < -0.3 is 10.2 Å². The highest BCUT2D eigenvalue weighted by Crippen LogP contribution is 2.24. The van der Waals surface area contributed by atoms with Crippen LogP contribution in [0.4, 0.5) is 5.69 Å². The minimum absolute atomic E-state index is 0.0507. The van der Waals surface area contributed by atoms with Crippen molar-refractivity contribution in [1.82, 2.24) is 10.2 Å². The van der Waals surface area contributed by atoms with Gasteiger partial charge in [-0.05, 0) is 60.7 Å². The van der Waals surface area contributed by atoms with Gasteiger partial charge in [0.15, 0.2) is 0 Å². The number of hydrogen-bond acceptors (Lipinski definition) is 4. The molecule has 3 aromatic carbocycles. The summed E-state index contributed by atoms with van der Waals surface area (Å²) in [7, 11) is -3.62. The molecule has 0 aliphatic heterocycles. The third kappa shape index (κ3) is 9.21. The van der Waals surface area contributed by atoms with Crippen molar-refractivity contribution < 1.29 is 18.0 Å². The van der Waals surface area contributed by atoms with Gasteiger partial charge in [0, 0.05) is 42.0 Å². The van der Waals surface area contributed by atoms with Gasteiger partial charge in [-0.1, -0.05) is 84.6 Å². The summed E-state index contributed by atoms with van der Waals surface area (Å²) < 4.78 is 26.5. The predicted molar refractivity (Wildman–Crippen MR) is 169 cm³/mol. The molecule has 0 bridgehead atoms. The summed E-state index contributed by atoms with van der Waals surface area (Å²) in [5.74, 6) is -0.421. The van der Waals surface area contributed by atoms with Crippen LogP contribution >= 0.6 is 23.2 Å². The summed E-state index contributed by atoms with van der Waals surface area (Å²) in [5, 5.41) is 4.15. The first kappa shape index (κ1) is 31.9. The molecule has 1 saturated carbocycles. The largest absolute Gasteiger partial charge is 0.352 e. The number of carbonyl (C=O) groups excluding carboxylic acids is 2. The van der Waals surface area contributed by atoms with Crippen molar-refractivity contribution >= 4 is 50.7 Å². The van der Waals surface area contributed by atoms with Crippen molar-refractivity contribution in [3.63, 3.8) is 0 Å². The molecule has 0 spiro atoms. The highest BCUT2D eigenvalue weighted by molar-refractivity contribution is 7.92. The molecule has 0 aromatic heterocycles. The van der Waals surface area contributed by atoms with E-state index in [2.05, 4.69) is 5.32 Å². The van der Waals surface area contributed by atoms with E-state index in [-0.39, 0.29) is 43.8 Å². The molecule has 10 heteroatoms. The summed E-state index contributed by atoms with van der Waals surface area (Å²) in [4.78, 5) is 29.4. The second-order valence-corrected chi connectivity index (χ2v) is 13.5. The third-order valence-electron chi connectivity index (χ3n) is 7.46. The first-order valence-corrected chi connectivity index (χ1v) is 16.8. The maximum atomic E-state index is 14.0. The molecule has 1 N–H and O–H groups in total. The fourth-order valence-electron chi connectivity index (χ4n) is 5.39. The minimum atomic E-state index is -3.62. The van der Waals surface area contributed by atoms with Crippen molar-refractivity contribution in [1.29, 1.82) is 0 Å². The zero-order chi connectivity index (χ0) is 30.1. The number of halogens is 2. The van der Waals surface area contributed by atoms with Gasteiger partial charge in [0.05, 0.1) is 11.9 Å². The number of nitrogens with zero attached hydrogens (tertiary/aromatic N) is 2. The molecule has 0 heterocycles. The predicted octanol–water partition coefficient (Wildman–Crippen LogP) is 6.24. The standard InChI is InChI=1S/C32H37Cl2N3O4S/c1-42(40,41)37(29-17-8-14-27(34)22-29)19-9-18-31(38)36(23-25-12-7-13-26(33)20-25)30(21-24-10-3-2-4-11-24)32(39)35-28-15-5-6-16-28/h2-4,7-8,10-14,17,20,22,28,30H,5-6,9,15-16,18-19,21,23H2,1H3,(H,35,39)/t30-/m0/s1. The molecule has 4 rings (SSSR count). The Morgan fingerprint density at radius 1 is 0.905 bits per heavy atom. The molecule has 224 valence electrons. The summed E-state index contributed by atoms with van der Waals surface area (Å²) in [6.45, 7) is 0.284. The Labute approximate surface area is 258 Å². The summed E-state index contributed by atoms with van der Waals surface area (Å²) in [5.41, 5.74) is 2.18. The quantitative estimate of drug-likeness (QED) is 0.242. The Morgan fingerprint density at radius 2 is 1.55 bits per heavy atom. The Bertz CT molecular complexity index is 1460. The van der Waals surface area contributed by atoms with Crippen LogP contribution in [0.5, 0.6) is 0 Å². The maximum absolute atomic E-state index is 14.0. The van der Waals surface area contributed by atoms with Crippen LogP contribution in [0.3, 0.4) is 0 Å². The van der Waals surface area contributed by atoms with Crippen molar-refractivity contribution in [2.45, 2.75) is 63.6 Å². The fraction of sp³-hybridized carbons (Fsp3) is 0.375. The first-order valence-electron chi connectivity index (χ1n) is 14.2. The average Bonchev–Trinajstić information content (AvgIpc) is 3.46. The van der Waals surface area contributed by atoms with E-state index in [4.69, 9.17) is 23.2 Å². The molecule has 42 heavy (non-hydrogen) atoms. The van der Waals surface area contributed by atoms with E-state index in [0.717, 1.165) is 43.1 Å².